The Kier molecular flexibility index (Phi) is 7.51. The molecule has 20 heavy (non-hydrogen) atoms. The van der Waals surface area contributed by atoms with E-state index in [4.69, 9.17) is 16.3 Å². The van der Waals surface area contributed by atoms with Gasteiger partial charge in [0.2, 0.25) is 0 Å². The minimum Gasteiger partial charge on any atom is -0.383 e. The Morgan fingerprint density at radius 3 is 2.85 bits per heavy atom. The molecule has 112 valence electrons. The van der Waals surface area contributed by atoms with Gasteiger partial charge < -0.3 is 10.1 Å². The lowest BCUT2D eigenvalue weighted by atomic mass is 10.0. The van der Waals surface area contributed by atoms with Crippen LogP contribution in [0.3, 0.4) is 0 Å². The van der Waals surface area contributed by atoms with Crippen molar-refractivity contribution in [2.24, 2.45) is 0 Å². The maximum absolute atomic E-state index is 11.0. The molecular weight excluding hydrogens is 280 g/mol. The molecule has 1 unspecified atom stereocenters. The zero-order chi connectivity index (χ0) is 15.0. The second-order valence-electron chi connectivity index (χ2n) is 4.68. The minimum atomic E-state index is -0.383. The second kappa shape index (κ2) is 8.89. The van der Waals surface area contributed by atoms with Gasteiger partial charge in [-0.1, -0.05) is 24.6 Å². The molecule has 0 fully saturated rings. The summed E-state index contributed by atoms with van der Waals surface area (Å²) in [7, 11) is 1.66. The molecule has 0 aliphatic heterocycles. The molecule has 0 aliphatic carbocycles. The number of nitrogens with zero attached hydrogens (tertiary/aromatic N) is 1. The van der Waals surface area contributed by atoms with Gasteiger partial charge in [0.05, 0.1) is 11.5 Å². The van der Waals surface area contributed by atoms with E-state index in [-0.39, 0.29) is 16.7 Å². The molecule has 0 radical (unpaired) electrons. The maximum atomic E-state index is 11.0. The van der Waals surface area contributed by atoms with Gasteiger partial charge in [-0.2, -0.15) is 0 Å². The molecule has 0 spiro atoms. The summed E-state index contributed by atoms with van der Waals surface area (Å²) in [5, 5.41) is 14.8. The molecule has 5 nitrogen and oxygen atoms in total. The third-order valence-corrected chi connectivity index (χ3v) is 3.29. The number of nitro groups is 1. The number of hydrogen-bond acceptors (Lipinski definition) is 4. The highest BCUT2D eigenvalue weighted by molar-refractivity contribution is 6.30. The van der Waals surface area contributed by atoms with E-state index in [1.807, 2.05) is 0 Å². The van der Waals surface area contributed by atoms with Gasteiger partial charge in [0.15, 0.2) is 0 Å². The number of ether oxygens (including phenoxy) is 1. The molecule has 0 heterocycles. The van der Waals surface area contributed by atoms with E-state index < -0.39 is 0 Å². The Balaban J connectivity index is 2.69. The van der Waals surface area contributed by atoms with E-state index in [0.717, 1.165) is 19.4 Å². The monoisotopic (exact) mass is 300 g/mol. The quantitative estimate of drug-likeness (QED) is 0.562. The average Bonchev–Trinajstić information content (AvgIpc) is 2.42. The molecule has 0 aliphatic rings. The predicted octanol–water partition coefficient (Wildman–Crippen LogP) is 3.20. The summed E-state index contributed by atoms with van der Waals surface area (Å²) in [6, 6.07) is 5.02. The summed E-state index contributed by atoms with van der Waals surface area (Å²) in [4.78, 5) is 10.6. The molecule has 1 N–H and O–H groups in total. The van der Waals surface area contributed by atoms with Crippen molar-refractivity contribution in [2.45, 2.75) is 32.2 Å². The summed E-state index contributed by atoms with van der Waals surface area (Å²) >= 11 is 5.81. The standard InChI is InChI=1S/C14H21ClN2O3/c1-3-8-16-13(10-20-2)7-5-11-4-6-12(15)9-14(11)17(18)19/h4,6,9,13,16H,3,5,7-8,10H2,1-2H3. The van der Waals surface area contributed by atoms with Crippen LogP contribution < -0.4 is 5.32 Å². The van der Waals surface area contributed by atoms with Crippen molar-refractivity contribution in [2.75, 3.05) is 20.3 Å². The van der Waals surface area contributed by atoms with Crippen LogP contribution in [0, 0.1) is 10.1 Å². The molecule has 1 aromatic carbocycles. The van der Waals surface area contributed by atoms with Crippen LogP contribution in [-0.2, 0) is 11.2 Å². The Morgan fingerprint density at radius 2 is 2.25 bits per heavy atom. The number of benzene rings is 1. The molecule has 0 saturated heterocycles. The van der Waals surface area contributed by atoms with Gasteiger partial charge in [0.25, 0.3) is 5.69 Å². The lowest BCUT2D eigenvalue weighted by Crippen LogP contribution is -2.34. The summed E-state index contributed by atoms with van der Waals surface area (Å²) in [6.07, 6.45) is 2.45. The van der Waals surface area contributed by atoms with Crippen LogP contribution in [0.5, 0.6) is 0 Å². The van der Waals surface area contributed by atoms with Gasteiger partial charge in [-0.05, 0) is 31.9 Å². The van der Waals surface area contributed by atoms with Crippen LogP contribution in [0.2, 0.25) is 5.02 Å². The number of aryl methyl sites for hydroxylation is 1. The molecule has 0 aromatic heterocycles. The SMILES string of the molecule is CCCNC(CCc1ccc(Cl)cc1[N+](=O)[O-])COC. The summed E-state index contributed by atoms with van der Waals surface area (Å²) in [6.45, 7) is 3.61. The molecular formula is C14H21ClN2O3. The van der Waals surface area contributed by atoms with Gasteiger partial charge in [-0.25, -0.2) is 0 Å². The first kappa shape index (κ1) is 16.9. The van der Waals surface area contributed by atoms with Crippen molar-refractivity contribution in [3.8, 4) is 0 Å². The lowest BCUT2D eigenvalue weighted by molar-refractivity contribution is -0.385. The number of rotatable bonds is 9. The van der Waals surface area contributed by atoms with Crippen LogP contribution in [-0.4, -0.2) is 31.2 Å². The first-order chi connectivity index (χ1) is 9.58. The van der Waals surface area contributed by atoms with Crippen LogP contribution in [0.1, 0.15) is 25.3 Å². The summed E-state index contributed by atoms with van der Waals surface area (Å²) < 4.78 is 5.17. The zero-order valence-corrected chi connectivity index (χ0v) is 12.7. The third kappa shape index (κ3) is 5.45. The number of halogens is 1. The van der Waals surface area contributed by atoms with E-state index in [2.05, 4.69) is 12.2 Å². The van der Waals surface area contributed by atoms with E-state index in [9.17, 15) is 10.1 Å². The van der Waals surface area contributed by atoms with Crippen molar-refractivity contribution < 1.29 is 9.66 Å². The number of nitro benzene ring substituents is 1. The minimum absolute atomic E-state index is 0.0872. The Bertz CT molecular complexity index is 440. The number of methoxy groups -OCH3 is 1. The highest BCUT2D eigenvalue weighted by atomic mass is 35.5. The fourth-order valence-electron chi connectivity index (χ4n) is 2.04. The smallest absolute Gasteiger partial charge is 0.274 e. The van der Waals surface area contributed by atoms with Crippen LogP contribution in [0.15, 0.2) is 18.2 Å². The molecule has 1 aromatic rings. The highest BCUT2D eigenvalue weighted by Gasteiger charge is 2.16. The maximum Gasteiger partial charge on any atom is 0.274 e. The third-order valence-electron chi connectivity index (χ3n) is 3.06. The normalized spacial score (nSPS) is 12.3. The van der Waals surface area contributed by atoms with E-state index in [1.165, 1.54) is 6.07 Å². The van der Waals surface area contributed by atoms with Gasteiger partial charge in [-0.15, -0.1) is 0 Å². The summed E-state index contributed by atoms with van der Waals surface area (Å²) in [5.41, 5.74) is 0.794. The van der Waals surface area contributed by atoms with Crippen LogP contribution >= 0.6 is 11.6 Å². The average molecular weight is 301 g/mol. The Morgan fingerprint density at radius 1 is 1.50 bits per heavy atom. The molecule has 0 bridgehead atoms. The fourth-order valence-corrected chi connectivity index (χ4v) is 2.21. The topological polar surface area (TPSA) is 64.4 Å². The largest absolute Gasteiger partial charge is 0.383 e. The Labute approximate surface area is 124 Å². The van der Waals surface area contributed by atoms with E-state index in [1.54, 1.807) is 19.2 Å². The van der Waals surface area contributed by atoms with Crippen LogP contribution in [0.25, 0.3) is 0 Å². The van der Waals surface area contributed by atoms with E-state index >= 15 is 0 Å². The molecule has 1 rings (SSSR count). The van der Waals surface area contributed by atoms with E-state index in [0.29, 0.717) is 23.6 Å². The van der Waals surface area contributed by atoms with Crippen molar-refractivity contribution in [1.82, 2.24) is 5.32 Å². The zero-order valence-electron chi connectivity index (χ0n) is 11.9. The van der Waals surface area contributed by atoms with Crippen LogP contribution in [0.4, 0.5) is 5.69 Å². The predicted molar refractivity (Wildman–Crippen MR) is 80.4 cm³/mol. The van der Waals surface area contributed by atoms with Gasteiger partial charge in [0, 0.05) is 29.8 Å². The highest BCUT2D eigenvalue weighted by Crippen LogP contribution is 2.24. The van der Waals surface area contributed by atoms with Crippen molar-refractivity contribution in [1.29, 1.82) is 0 Å². The molecule has 6 heteroatoms. The lowest BCUT2D eigenvalue weighted by Gasteiger charge is -2.17. The molecule has 0 amide bonds. The molecule has 1 atom stereocenters. The summed E-state index contributed by atoms with van der Waals surface area (Å²) in [5.74, 6) is 0. The molecule has 0 saturated carbocycles. The number of nitrogens with one attached hydrogen (secondary N) is 1. The van der Waals surface area contributed by atoms with Gasteiger partial charge >= 0.3 is 0 Å². The van der Waals surface area contributed by atoms with Gasteiger partial charge in [0.1, 0.15) is 0 Å². The first-order valence-electron chi connectivity index (χ1n) is 6.73. The first-order valence-corrected chi connectivity index (χ1v) is 7.11. The van der Waals surface area contributed by atoms with Crippen molar-refractivity contribution >= 4 is 17.3 Å². The van der Waals surface area contributed by atoms with Crippen molar-refractivity contribution in [3.05, 3.63) is 38.9 Å². The second-order valence-corrected chi connectivity index (χ2v) is 5.11. The Hall–Kier alpha value is -1.17. The van der Waals surface area contributed by atoms with Gasteiger partial charge in [-0.3, -0.25) is 10.1 Å². The number of hydrogen-bond donors (Lipinski definition) is 1. The van der Waals surface area contributed by atoms with Crippen molar-refractivity contribution in [3.63, 3.8) is 0 Å². The fraction of sp³-hybridized carbons (Fsp3) is 0.571.